The Labute approximate surface area is 172 Å². The lowest BCUT2D eigenvalue weighted by Gasteiger charge is -2.35. The smallest absolute Gasteiger partial charge is 0.161 e. The van der Waals surface area contributed by atoms with E-state index in [4.69, 9.17) is 9.47 Å². The van der Waals surface area contributed by atoms with Gasteiger partial charge in [0.1, 0.15) is 12.7 Å². The van der Waals surface area contributed by atoms with Crippen LogP contribution in [0.25, 0.3) is 0 Å². The minimum atomic E-state index is -0.590. The number of benzene rings is 2. The molecule has 0 amide bonds. The average Bonchev–Trinajstić information content (AvgIpc) is 2.74. The first kappa shape index (κ1) is 21.3. The average molecular weight is 399 g/mol. The third-order valence-corrected chi connectivity index (χ3v) is 5.18. The van der Waals surface area contributed by atoms with E-state index in [1.54, 1.807) is 18.2 Å². The molecule has 1 aliphatic heterocycles. The van der Waals surface area contributed by atoms with Crippen molar-refractivity contribution in [1.29, 1.82) is 0 Å². The van der Waals surface area contributed by atoms with Crippen LogP contribution in [0.4, 0.5) is 0 Å². The number of ether oxygens (including phenoxy) is 2. The number of hydrogen-bond acceptors (Lipinski definition) is 6. The fraction of sp³-hybridized carbons (Fsp3) is 0.435. The minimum Gasteiger partial charge on any atom is -0.493 e. The van der Waals surface area contributed by atoms with E-state index in [-0.39, 0.29) is 12.4 Å². The molecule has 0 spiro atoms. The maximum Gasteiger partial charge on any atom is 0.161 e. The van der Waals surface area contributed by atoms with Gasteiger partial charge < -0.3 is 14.6 Å². The van der Waals surface area contributed by atoms with Crippen LogP contribution in [0.3, 0.4) is 0 Å². The summed E-state index contributed by atoms with van der Waals surface area (Å²) in [6, 6.07) is 15.6. The molecule has 1 heterocycles. The van der Waals surface area contributed by atoms with E-state index in [2.05, 4.69) is 34.1 Å². The monoisotopic (exact) mass is 398 g/mol. The highest BCUT2D eigenvalue weighted by Crippen LogP contribution is 2.28. The third kappa shape index (κ3) is 6.29. The van der Waals surface area contributed by atoms with E-state index in [1.807, 2.05) is 6.07 Å². The molecular formula is C23H30N2O4. The van der Waals surface area contributed by atoms with Gasteiger partial charge in [-0.15, -0.1) is 0 Å². The summed E-state index contributed by atoms with van der Waals surface area (Å²) in [6.07, 6.45) is -0.590. The van der Waals surface area contributed by atoms with Crippen LogP contribution in [-0.2, 0) is 6.54 Å². The van der Waals surface area contributed by atoms with Gasteiger partial charge >= 0.3 is 0 Å². The number of carbonyl (C=O) groups excluding carboxylic acids is 1. The van der Waals surface area contributed by atoms with Crippen molar-refractivity contribution in [1.82, 2.24) is 9.80 Å². The first-order chi connectivity index (χ1) is 14.0. The Bertz CT molecular complexity index is 789. The molecule has 1 unspecified atom stereocenters. The van der Waals surface area contributed by atoms with Gasteiger partial charge in [-0.05, 0) is 30.7 Å². The van der Waals surface area contributed by atoms with Crippen molar-refractivity contribution in [2.75, 3.05) is 46.4 Å². The van der Waals surface area contributed by atoms with Crippen LogP contribution in [0.2, 0.25) is 0 Å². The number of carbonyl (C=O) groups is 1. The van der Waals surface area contributed by atoms with Gasteiger partial charge in [0.2, 0.25) is 0 Å². The second-order valence-corrected chi connectivity index (χ2v) is 7.45. The quantitative estimate of drug-likeness (QED) is 0.655. The summed E-state index contributed by atoms with van der Waals surface area (Å²) >= 11 is 0. The summed E-state index contributed by atoms with van der Waals surface area (Å²) in [6.45, 7) is 7.08. The van der Waals surface area contributed by atoms with Gasteiger partial charge in [-0.1, -0.05) is 30.3 Å². The van der Waals surface area contributed by atoms with Crippen molar-refractivity contribution >= 4 is 5.78 Å². The maximum atomic E-state index is 11.5. The van der Waals surface area contributed by atoms with Gasteiger partial charge in [0.25, 0.3) is 0 Å². The predicted octanol–water partition coefficient (Wildman–Crippen LogP) is 2.46. The van der Waals surface area contributed by atoms with Crippen LogP contribution in [0.5, 0.6) is 11.5 Å². The summed E-state index contributed by atoms with van der Waals surface area (Å²) in [5.41, 5.74) is 1.90. The van der Waals surface area contributed by atoms with Gasteiger partial charge in [-0.25, -0.2) is 0 Å². The fourth-order valence-corrected chi connectivity index (χ4v) is 3.51. The van der Waals surface area contributed by atoms with Crippen LogP contribution in [-0.4, -0.2) is 73.2 Å². The molecule has 0 bridgehead atoms. The minimum absolute atomic E-state index is 0.0266. The van der Waals surface area contributed by atoms with Crippen molar-refractivity contribution in [3.05, 3.63) is 59.7 Å². The van der Waals surface area contributed by atoms with E-state index in [1.165, 1.54) is 19.6 Å². The molecule has 1 atom stereocenters. The number of β-amino-alcohol motifs (C(OH)–C–C–N with tert-alkyl or cyclic N) is 1. The zero-order valence-electron chi connectivity index (χ0n) is 17.2. The topological polar surface area (TPSA) is 62.2 Å². The highest BCUT2D eigenvalue weighted by molar-refractivity contribution is 5.94. The molecule has 1 fully saturated rings. The second-order valence-electron chi connectivity index (χ2n) is 7.45. The lowest BCUT2D eigenvalue weighted by Crippen LogP contribution is -2.48. The molecular weight excluding hydrogens is 368 g/mol. The van der Waals surface area contributed by atoms with Crippen LogP contribution in [0, 0.1) is 0 Å². The first-order valence-corrected chi connectivity index (χ1v) is 10.0. The molecule has 1 aliphatic rings. The molecule has 6 nitrogen and oxygen atoms in total. The van der Waals surface area contributed by atoms with Gasteiger partial charge in [-0.3, -0.25) is 14.6 Å². The molecule has 156 valence electrons. The fourth-order valence-electron chi connectivity index (χ4n) is 3.51. The molecule has 6 heteroatoms. The third-order valence-electron chi connectivity index (χ3n) is 5.18. The van der Waals surface area contributed by atoms with Crippen molar-refractivity contribution in [2.24, 2.45) is 0 Å². The number of aliphatic hydroxyl groups is 1. The van der Waals surface area contributed by atoms with Gasteiger partial charge in [0.15, 0.2) is 17.3 Å². The van der Waals surface area contributed by atoms with E-state index in [9.17, 15) is 9.90 Å². The number of hydrogen-bond donors (Lipinski definition) is 1. The van der Waals surface area contributed by atoms with Crippen LogP contribution >= 0.6 is 0 Å². The summed E-state index contributed by atoms with van der Waals surface area (Å²) in [5.74, 6) is 1.00. The van der Waals surface area contributed by atoms with Crippen LogP contribution in [0.15, 0.2) is 48.5 Å². The predicted molar refractivity (Wildman–Crippen MR) is 113 cm³/mol. The number of nitrogens with zero attached hydrogens (tertiary/aromatic N) is 2. The maximum absolute atomic E-state index is 11.5. The standard InChI is InChI=1S/C23H30N2O4/c1-18(26)20-8-9-22(23(14-20)28-2)29-17-21(27)16-25-12-10-24(11-13-25)15-19-6-4-3-5-7-19/h3-9,14,21,27H,10-13,15-17H2,1-2H3. The van der Waals surface area contributed by atoms with E-state index >= 15 is 0 Å². The van der Waals surface area contributed by atoms with Crippen molar-refractivity contribution in [3.63, 3.8) is 0 Å². The molecule has 3 rings (SSSR count). The van der Waals surface area contributed by atoms with Crippen LogP contribution < -0.4 is 9.47 Å². The summed E-state index contributed by atoms with van der Waals surface area (Å²) < 4.78 is 11.0. The van der Waals surface area contributed by atoms with Crippen molar-refractivity contribution in [3.8, 4) is 11.5 Å². The zero-order chi connectivity index (χ0) is 20.6. The number of methoxy groups -OCH3 is 1. The van der Waals surface area contributed by atoms with Gasteiger partial charge in [0.05, 0.1) is 7.11 Å². The first-order valence-electron chi connectivity index (χ1n) is 10.0. The number of ketones is 1. The normalized spacial score (nSPS) is 16.4. The van der Waals surface area contributed by atoms with Crippen molar-refractivity contribution < 1.29 is 19.4 Å². The Hall–Kier alpha value is -2.41. The lowest BCUT2D eigenvalue weighted by atomic mass is 10.1. The Morgan fingerprint density at radius 2 is 1.72 bits per heavy atom. The Morgan fingerprint density at radius 3 is 2.38 bits per heavy atom. The second kappa shape index (κ2) is 10.4. The highest BCUT2D eigenvalue weighted by atomic mass is 16.5. The molecule has 1 saturated heterocycles. The van der Waals surface area contributed by atoms with Gasteiger partial charge in [0, 0.05) is 44.8 Å². The van der Waals surface area contributed by atoms with E-state index in [0.717, 1.165) is 32.7 Å². The number of aliphatic hydroxyl groups excluding tert-OH is 1. The largest absolute Gasteiger partial charge is 0.493 e. The van der Waals surface area contributed by atoms with Crippen LogP contribution in [0.1, 0.15) is 22.8 Å². The number of rotatable bonds is 9. The lowest BCUT2D eigenvalue weighted by molar-refractivity contribution is 0.0440. The Kier molecular flexibility index (Phi) is 7.63. The molecule has 0 aliphatic carbocycles. The Balaban J connectivity index is 1.42. The van der Waals surface area contributed by atoms with Gasteiger partial charge in [-0.2, -0.15) is 0 Å². The molecule has 0 radical (unpaired) electrons. The molecule has 2 aromatic carbocycles. The molecule has 0 saturated carbocycles. The summed E-state index contributed by atoms with van der Waals surface area (Å²) in [4.78, 5) is 16.2. The SMILES string of the molecule is COc1cc(C(C)=O)ccc1OCC(O)CN1CCN(Cc2ccccc2)CC1. The zero-order valence-corrected chi connectivity index (χ0v) is 17.2. The number of Topliss-reactive ketones (excluding diaryl/α,β-unsaturated/α-hetero) is 1. The van der Waals surface area contributed by atoms with E-state index in [0.29, 0.717) is 23.6 Å². The number of piperazine rings is 1. The summed E-state index contributed by atoms with van der Waals surface area (Å²) in [7, 11) is 1.54. The molecule has 29 heavy (non-hydrogen) atoms. The molecule has 0 aromatic heterocycles. The highest BCUT2D eigenvalue weighted by Gasteiger charge is 2.20. The van der Waals surface area contributed by atoms with Crippen molar-refractivity contribution in [2.45, 2.75) is 19.6 Å². The molecule has 1 N–H and O–H groups in total. The Morgan fingerprint density at radius 1 is 1.03 bits per heavy atom. The molecule has 2 aromatic rings. The van der Waals surface area contributed by atoms with E-state index < -0.39 is 6.10 Å². The summed E-state index contributed by atoms with van der Waals surface area (Å²) in [5, 5.41) is 10.4.